The van der Waals surface area contributed by atoms with Gasteiger partial charge < -0.3 is 0 Å². The summed E-state index contributed by atoms with van der Waals surface area (Å²) in [5.41, 5.74) is 2.01. The van der Waals surface area contributed by atoms with Crippen LogP contribution in [-0.2, 0) is 0 Å². The largest absolute Gasteiger partial charge is 0.272 e. The minimum absolute atomic E-state index is 0.322. The van der Waals surface area contributed by atoms with Crippen molar-refractivity contribution < 1.29 is 0 Å². The Hall–Kier alpha value is -0.850. The summed E-state index contributed by atoms with van der Waals surface area (Å²) in [6, 6.07) is 0. The first-order valence-electron chi connectivity index (χ1n) is 5.27. The van der Waals surface area contributed by atoms with Gasteiger partial charge in [0.2, 0.25) is 0 Å². The molecule has 0 heterocycles. The lowest BCUT2D eigenvalue weighted by Crippen LogP contribution is -2.23. The van der Waals surface area contributed by atoms with E-state index in [2.05, 4.69) is 51.6 Å². The molecule has 0 atom stereocenters. The fourth-order valence-corrected chi connectivity index (χ4v) is 2.20. The topological polar surface area (TPSA) is 12.4 Å². The molecule has 1 nitrogen and oxygen atoms in total. The lowest BCUT2D eigenvalue weighted by Gasteiger charge is -2.31. The molecule has 0 bridgehead atoms. The molecule has 0 spiro atoms. The van der Waals surface area contributed by atoms with Crippen molar-refractivity contribution in [1.29, 1.82) is 0 Å². The second-order valence-corrected chi connectivity index (χ2v) is 5.10. The van der Waals surface area contributed by atoms with E-state index in [1.807, 2.05) is 6.20 Å². The van der Waals surface area contributed by atoms with Gasteiger partial charge in [-0.2, -0.15) is 0 Å². The van der Waals surface area contributed by atoms with Crippen LogP contribution in [0.4, 0.5) is 0 Å². The summed E-state index contributed by atoms with van der Waals surface area (Å²) in [5.74, 6) is 0. The van der Waals surface area contributed by atoms with E-state index >= 15 is 0 Å². The smallest absolute Gasteiger partial charge is 0.0298 e. The highest BCUT2D eigenvalue weighted by Gasteiger charge is 2.53. The van der Waals surface area contributed by atoms with Crippen LogP contribution in [0.3, 0.4) is 0 Å². The van der Waals surface area contributed by atoms with E-state index < -0.39 is 0 Å². The monoisotopic (exact) mass is 191 g/mol. The summed E-state index contributed by atoms with van der Waals surface area (Å²) in [5, 5.41) is 0. The average Bonchev–Trinajstić information content (AvgIpc) is 2.82. The van der Waals surface area contributed by atoms with Gasteiger partial charge in [-0.15, -0.1) is 0 Å². The molecule has 0 amide bonds. The Balaban J connectivity index is 3.00. The van der Waals surface area contributed by atoms with Gasteiger partial charge in [-0.3, -0.25) is 4.99 Å². The fraction of sp³-hybridized carbons (Fsp3) is 0.615. The van der Waals surface area contributed by atoms with Gasteiger partial charge in [0.05, 0.1) is 0 Å². The van der Waals surface area contributed by atoms with Crippen LogP contribution in [0.1, 0.15) is 40.5 Å². The second-order valence-electron chi connectivity index (χ2n) is 5.10. The molecular formula is C13H21N. The van der Waals surface area contributed by atoms with Gasteiger partial charge in [0, 0.05) is 11.6 Å². The summed E-state index contributed by atoms with van der Waals surface area (Å²) in [4.78, 5) is 3.91. The van der Waals surface area contributed by atoms with Crippen molar-refractivity contribution in [3.63, 3.8) is 0 Å². The lowest BCUT2D eigenvalue weighted by atomic mass is 9.73. The SMILES string of the molecule is C=N/C=C(\C=C/C)C1(C(C)(C)C)CC1. The van der Waals surface area contributed by atoms with Gasteiger partial charge in [0.25, 0.3) is 0 Å². The minimum Gasteiger partial charge on any atom is -0.272 e. The van der Waals surface area contributed by atoms with E-state index in [1.54, 1.807) is 0 Å². The molecule has 0 aromatic rings. The normalized spacial score (nSPS) is 21.3. The number of hydrogen-bond donors (Lipinski definition) is 0. The van der Waals surface area contributed by atoms with Crippen molar-refractivity contribution >= 4 is 6.72 Å². The van der Waals surface area contributed by atoms with E-state index in [0.29, 0.717) is 10.8 Å². The van der Waals surface area contributed by atoms with Crippen molar-refractivity contribution in [2.24, 2.45) is 15.8 Å². The second kappa shape index (κ2) is 3.72. The summed E-state index contributed by atoms with van der Waals surface area (Å²) < 4.78 is 0. The average molecular weight is 191 g/mol. The molecule has 1 aliphatic rings. The first-order chi connectivity index (χ1) is 6.48. The predicted octanol–water partition coefficient (Wildman–Crippen LogP) is 3.97. The maximum absolute atomic E-state index is 3.91. The first kappa shape index (κ1) is 11.2. The number of allylic oxidation sites excluding steroid dienone is 3. The number of nitrogens with zero attached hydrogens (tertiary/aromatic N) is 1. The van der Waals surface area contributed by atoms with Gasteiger partial charge in [-0.05, 0) is 37.5 Å². The van der Waals surface area contributed by atoms with Crippen molar-refractivity contribution in [1.82, 2.24) is 0 Å². The Bertz CT molecular complexity index is 272. The maximum atomic E-state index is 3.91. The van der Waals surface area contributed by atoms with E-state index in [-0.39, 0.29) is 0 Å². The van der Waals surface area contributed by atoms with E-state index in [9.17, 15) is 0 Å². The molecule has 1 saturated carbocycles. The van der Waals surface area contributed by atoms with Crippen LogP contribution in [-0.4, -0.2) is 6.72 Å². The van der Waals surface area contributed by atoms with Crippen LogP contribution >= 0.6 is 0 Å². The van der Waals surface area contributed by atoms with Crippen LogP contribution in [0.25, 0.3) is 0 Å². The first-order valence-corrected chi connectivity index (χ1v) is 5.27. The van der Waals surface area contributed by atoms with Gasteiger partial charge >= 0.3 is 0 Å². The summed E-state index contributed by atoms with van der Waals surface area (Å²) in [6.07, 6.45) is 8.73. The Morgan fingerprint density at radius 1 is 1.36 bits per heavy atom. The molecule has 0 unspecified atom stereocenters. The minimum atomic E-state index is 0.322. The number of aliphatic imine (C=N–C) groups is 1. The third-order valence-electron chi connectivity index (χ3n) is 3.31. The van der Waals surface area contributed by atoms with E-state index in [4.69, 9.17) is 0 Å². The van der Waals surface area contributed by atoms with Crippen LogP contribution in [0.15, 0.2) is 28.9 Å². The molecule has 14 heavy (non-hydrogen) atoms. The lowest BCUT2D eigenvalue weighted by molar-refractivity contribution is 0.260. The zero-order valence-corrected chi connectivity index (χ0v) is 9.80. The van der Waals surface area contributed by atoms with Gasteiger partial charge in [-0.25, -0.2) is 0 Å². The molecule has 0 aromatic heterocycles. The highest BCUT2D eigenvalue weighted by molar-refractivity contribution is 5.37. The molecule has 1 rings (SSSR count). The Morgan fingerprint density at radius 2 is 1.93 bits per heavy atom. The summed E-state index contributed by atoms with van der Waals surface area (Å²) in [6.45, 7) is 12.5. The third kappa shape index (κ3) is 1.82. The highest BCUT2D eigenvalue weighted by atomic mass is 14.7. The fourth-order valence-electron chi connectivity index (χ4n) is 2.20. The summed E-state index contributed by atoms with van der Waals surface area (Å²) >= 11 is 0. The molecule has 0 aromatic carbocycles. The van der Waals surface area contributed by atoms with E-state index in [0.717, 1.165) is 0 Å². The third-order valence-corrected chi connectivity index (χ3v) is 3.31. The highest BCUT2D eigenvalue weighted by Crippen LogP contribution is 2.63. The maximum Gasteiger partial charge on any atom is 0.0298 e. The van der Waals surface area contributed by atoms with Crippen molar-refractivity contribution in [2.45, 2.75) is 40.5 Å². The van der Waals surface area contributed by atoms with Crippen LogP contribution in [0.2, 0.25) is 0 Å². The molecule has 0 N–H and O–H groups in total. The molecule has 0 aliphatic heterocycles. The molecule has 0 radical (unpaired) electrons. The van der Waals surface area contributed by atoms with Crippen LogP contribution in [0.5, 0.6) is 0 Å². The molecule has 78 valence electrons. The van der Waals surface area contributed by atoms with Crippen LogP contribution < -0.4 is 0 Å². The molecule has 1 aliphatic carbocycles. The Labute approximate surface area is 87.6 Å². The molecule has 0 saturated heterocycles. The number of rotatable bonds is 3. The predicted molar refractivity (Wildman–Crippen MR) is 63.6 cm³/mol. The zero-order valence-electron chi connectivity index (χ0n) is 9.80. The van der Waals surface area contributed by atoms with Gasteiger partial charge in [-0.1, -0.05) is 32.9 Å². The number of hydrogen-bond acceptors (Lipinski definition) is 1. The summed E-state index contributed by atoms with van der Waals surface area (Å²) in [7, 11) is 0. The Morgan fingerprint density at radius 3 is 2.21 bits per heavy atom. The van der Waals surface area contributed by atoms with Crippen molar-refractivity contribution in [3.05, 3.63) is 23.9 Å². The zero-order chi connectivity index (χ0) is 10.8. The Kier molecular flexibility index (Phi) is 2.98. The molecule has 1 fully saturated rings. The van der Waals surface area contributed by atoms with Crippen LogP contribution in [0, 0.1) is 10.8 Å². The molecular weight excluding hydrogens is 170 g/mol. The van der Waals surface area contributed by atoms with Gasteiger partial charge in [0.15, 0.2) is 0 Å². The molecule has 1 heteroatoms. The quantitative estimate of drug-likeness (QED) is 0.473. The van der Waals surface area contributed by atoms with E-state index in [1.165, 1.54) is 18.4 Å². The van der Waals surface area contributed by atoms with Crippen molar-refractivity contribution in [2.75, 3.05) is 0 Å². The van der Waals surface area contributed by atoms with Gasteiger partial charge in [0.1, 0.15) is 0 Å². The van der Waals surface area contributed by atoms with Crippen molar-refractivity contribution in [3.8, 4) is 0 Å². The standard InChI is InChI=1S/C13H21N/c1-6-7-11(10-14-5)13(8-9-13)12(2,3)4/h6-7,10H,5,8-9H2,1-4H3/b7-6-,11-10+.